The molecule has 0 heterocycles. The first-order valence-electron chi connectivity index (χ1n) is 13.6. The third-order valence-corrected chi connectivity index (χ3v) is 9.31. The van der Waals surface area contributed by atoms with E-state index in [1.165, 1.54) is 55.2 Å². The minimum absolute atomic E-state index is 0.425. The van der Waals surface area contributed by atoms with Crippen LogP contribution in [0, 0.1) is 35.0 Å². The first kappa shape index (κ1) is 27.1. The van der Waals surface area contributed by atoms with Gasteiger partial charge in [-0.05, 0) is 101 Å². The zero-order valence-electron chi connectivity index (χ0n) is 22.6. The Morgan fingerprint density at radius 2 is 1.91 bits per heavy atom. The lowest BCUT2D eigenvalue weighted by molar-refractivity contribution is -0.118. The third kappa shape index (κ3) is 6.94. The molecule has 0 amide bonds. The Morgan fingerprint density at radius 3 is 2.56 bits per heavy atom. The number of ketones is 1. The summed E-state index contributed by atoms with van der Waals surface area (Å²) in [5.74, 6) is 3.95. The maximum absolute atomic E-state index is 12.0. The molecule has 0 aromatic rings. The second-order valence-corrected chi connectivity index (χ2v) is 11.8. The minimum Gasteiger partial charge on any atom is -0.299 e. The highest BCUT2D eigenvalue weighted by Gasteiger charge is 2.45. The van der Waals surface area contributed by atoms with Crippen molar-refractivity contribution in [3.05, 3.63) is 34.9 Å². The summed E-state index contributed by atoms with van der Waals surface area (Å²) < 4.78 is 0. The lowest BCUT2D eigenvalue weighted by atomic mass is 9.54. The van der Waals surface area contributed by atoms with Gasteiger partial charge in [-0.15, -0.1) is 0 Å². The quantitative estimate of drug-likeness (QED) is 0.258. The van der Waals surface area contributed by atoms with E-state index in [1.54, 1.807) is 0 Å². The van der Waals surface area contributed by atoms with Crippen molar-refractivity contribution in [1.29, 1.82) is 0 Å². The van der Waals surface area contributed by atoms with Crippen LogP contribution in [0.1, 0.15) is 120 Å². The van der Waals surface area contributed by atoms with E-state index in [0.29, 0.717) is 29.5 Å². The van der Waals surface area contributed by atoms with Crippen molar-refractivity contribution in [2.45, 2.75) is 120 Å². The van der Waals surface area contributed by atoms with Crippen molar-refractivity contribution in [1.82, 2.24) is 0 Å². The predicted molar refractivity (Wildman–Crippen MR) is 141 cm³/mol. The lowest BCUT2D eigenvalue weighted by Crippen LogP contribution is -2.43. The Bertz CT molecular complexity index is 704. The van der Waals surface area contributed by atoms with Crippen LogP contribution < -0.4 is 0 Å². The largest absolute Gasteiger partial charge is 0.299 e. The molecule has 0 aromatic carbocycles. The lowest BCUT2D eigenvalue weighted by Gasteiger charge is -2.51. The molecule has 1 fully saturated rings. The molecule has 2 aliphatic carbocycles. The van der Waals surface area contributed by atoms with E-state index in [4.69, 9.17) is 0 Å². The molecule has 0 spiro atoms. The maximum Gasteiger partial charge on any atom is 0.136 e. The highest BCUT2D eigenvalue weighted by Crippen LogP contribution is 2.53. The van der Waals surface area contributed by atoms with Gasteiger partial charge < -0.3 is 0 Å². The monoisotopic (exact) mass is 440 g/mol. The van der Waals surface area contributed by atoms with Gasteiger partial charge in [-0.3, -0.25) is 4.79 Å². The van der Waals surface area contributed by atoms with E-state index in [1.807, 2.05) is 0 Å². The van der Waals surface area contributed by atoms with Crippen LogP contribution in [0.25, 0.3) is 0 Å². The molecule has 0 radical (unpaired) electrons. The first-order chi connectivity index (χ1) is 15.1. The summed E-state index contributed by atoms with van der Waals surface area (Å²) in [5.41, 5.74) is 4.75. The van der Waals surface area contributed by atoms with Gasteiger partial charge in [0.2, 0.25) is 0 Å². The second-order valence-electron chi connectivity index (χ2n) is 11.8. The Hall–Kier alpha value is -1.11. The number of rotatable bonds is 9. The van der Waals surface area contributed by atoms with Gasteiger partial charge >= 0.3 is 0 Å². The Balaban J connectivity index is 2.09. The van der Waals surface area contributed by atoms with Gasteiger partial charge in [-0.25, -0.2) is 0 Å². The van der Waals surface area contributed by atoms with Gasteiger partial charge in [0.25, 0.3) is 0 Å². The Morgan fingerprint density at radius 1 is 1.19 bits per heavy atom. The average Bonchev–Trinajstić information content (AvgIpc) is 2.85. The van der Waals surface area contributed by atoms with E-state index in [0.717, 1.165) is 37.0 Å². The van der Waals surface area contributed by atoms with Crippen LogP contribution >= 0.6 is 0 Å². The third-order valence-electron chi connectivity index (χ3n) is 9.31. The molecule has 0 saturated heterocycles. The highest BCUT2D eigenvalue weighted by atomic mass is 16.1. The van der Waals surface area contributed by atoms with Gasteiger partial charge in [0, 0.05) is 12.8 Å². The molecule has 182 valence electrons. The van der Waals surface area contributed by atoms with E-state index >= 15 is 0 Å². The van der Waals surface area contributed by atoms with Crippen molar-refractivity contribution in [2.24, 2.45) is 35.0 Å². The van der Waals surface area contributed by atoms with E-state index in [2.05, 4.69) is 73.6 Å². The molecule has 1 heteroatoms. The molecule has 1 nitrogen and oxygen atoms in total. The second kappa shape index (κ2) is 12.4. The van der Waals surface area contributed by atoms with Crippen LogP contribution in [0.5, 0.6) is 0 Å². The van der Waals surface area contributed by atoms with E-state index < -0.39 is 0 Å². The number of carbonyl (C=O) groups is 1. The van der Waals surface area contributed by atoms with Crippen LogP contribution in [0.3, 0.4) is 0 Å². The zero-order valence-corrected chi connectivity index (χ0v) is 22.6. The van der Waals surface area contributed by atoms with Crippen molar-refractivity contribution >= 4 is 5.78 Å². The fraction of sp³-hybridized carbons (Fsp3) is 0.774. The molecule has 32 heavy (non-hydrogen) atoms. The standard InChI is InChI=1S/C31H52O/c1-9-27(14-11-10-13-22(2)3)31(8)20-19-24(5)30(26(31)7)16-12-15-29-23(4)17-18-28(32)21-25(29)6/h12-13,16,23-24,26-27,30H,9-11,14-15,17-21H2,1-8H3/t23?,24-,26-,27?,30?,31?/m0/s1. The fourth-order valence-corrected chi connectivity index (χ4v) is 6.78. The molecule has 6 atom stereocenters. The summed E-state index contributed by atoms with van der Waals surface area (Å²) in [4.78, 5) is 12.0. The molecule has 0 bridgehead atoms. The molecular weight excluding hydrogens is 388 g/mol. The number of Topliss-reactive ketones (excluding diaryl/α,β-unsaturated/α-hetero) is 1. The Labute approximate surface area is 200 Å². The van der Waals surface area contributed by atoms with Crippen molar-refractivity contribution in [3.8, 4) is 0 Å². The van der Waals surface area contributed by atoms with Crippen LogP contribution in [0.2, 0.25) is 0 Å². The van der Waals surface area contributed by atoms with Gasteiger partial charge in [-0.1, -0.05) is 76.0 Å². The SMILES string of the molecule is CCC(CCCC=C(C)C)C1(C)CC[C@H](C)C(C=CCC2=C(C)CC(=O)CCC2C)[C@@H]1C. The van der Waals surface area contributed by atoms with Gasteiger partial charge in [0.1, 0.15) is 5.78 Å². The van der Waals surface area contributed by atoms with Gasteiger partial charge in [0.15, 0.2) is 0 Å². The first-order valence-corrected chi connectivity index (χ1v) is 13.6. The smallest absolute Gasteiger partial charge is 0.136 e. The van der Waals surface area contributed by atoms with Crippen molar-refractivity contribution in [2.75, 3.05) is 0 Å². The van der Waals surface area contributed by atoms with Crippen molar-refractivity contribution in [3.63, 3.8) is 0 Å². The molecule has 2 rings (SSSR count). The number of carbonyl (C=O) groups excluding carboxylic acids is 1. The normalized spacial score (nSPS) is 32.8. The van der Waals surface area contributed by atoms with E-state index in [-0.39, 0.29) is 0 Å². The van der Waals surface area contributed by atoms with E-state index in [9.17, 15) is 4.79 Å². The molecular formula is C31H52O. The van der Waals surface area contributed by atoms with Gasteiger partial charge in [0.05, 0.1) is 0 Å². The van der Waals surface area contributed by atoms with Crippen LogP contribution in [-0.2, 0) is 4.79 Å². The summed E-state index contributed by atoms with van der Waals surface area (Å²) in [6.45, 7) is 19.0. The molecule has 0 N–H and O–H groups in total. The predicted octanol–water partition coefficient (Wildman–Crippen LogP) is 9.49. The highest BCUT2D eigenvalue weighted by molar-refractivity contribution is 5.81. The molecule has 0 aliphatic heterocycles. The fourth-order valence-electron chi connectivity index (χ4n) is 6.78. The summed E-state index contributed by atoms with van der Waals surface area (Å²) in [7, 11) is 0. The summed E-state index contributed by atoms with van der Waals surface area (Å²) >= 11 is 0. The maximum atomic E-state index is 12.0. The molecule has 0 aromatic heterocycles. The molecule has 1 saturated carbocycles. The number of allylic oxidation sites excluding steroid dienone is 6. The van der Waals surface area contributed by atoms with Crippen LogP contribution in [0.15, 0.2) is 34.9 Å². The summed E-state index contributed by atoms with van der Waals surface area (Å²) in [6.07, 6.45) is 18.9. The number of hydrogen-bond acceptors (Lipinski definition) is 1. The number of hydrogen-bond donors (Lipinski definition) is 0. The van der Waals surface area contributed by atoms with Crippen molar-refractivity contribution < 1.29 is 4.79 Å². The minimum atomic E-state index is 0.425. The summed E-state index contributed by atoms with van der Waals surface area (Å²) in [5, 5.41) is 0. The van der Waals surface area contributed by atoms with Crippen LogP contribution in [-0.4, -0.2) is 5.78 Å². The average molecular weight is 441 g/mol. The number of unbranched alkanes of at least 4 members (excludes halogenated alkanes) is 1. The Kier molecular flexibility index (Phi) is 10.5. The zero-order chi connectivity index (χ0) is 23.9. The van der Waals surface area contributed by atoms with Gasteiger partial charge in [-0.2, -0.15) is 0 Å². The molecule has 4 unspecified atom stereocenters. The van der Waals surface area contributed by atoms with Crippen LogP contribution in [0.4, 0.5) is 0 Å². The summed E-state index contributed by atoms with van der Waals surface area (Å²) in [6, 6.07) is 0. The topological polar surface area (TPSA) is 17.1 Å². The molecule has 2 aliphatic rings.